The average Bonchev–Trinajstić information content (AvgIpc) is 2.85. The molecule has 8 heteroatoms. The van der Waals surface area contributed by atoms with Gasteiger partial charge in [-0.2, -0.15) is 9.78 Å². The standard InChI is InChI=1S/C12H9ClN4O2S/c13-8-3-1-7(2-4-8)11-9(5-10(18)19)20-12-15-14-6-17(12)16-11/h1-4,6,9H,5H2,(H,18,19)/t9-/m1/s1. The highest BCUT2D eigenvalue weighted by Crippen LogP contribution is 2.31. The third-order valence-electron chi connectivity index (χ3n) is 2.77. The average molecular weight is 309 g/mol. The van der Waals surface area contributed by atoms with Crippen LogP contribution in [0.1, 0.15) is 12.0 Å². The van der Waals surface area contributed by atoms with E-state index in [1.165, 1.54) is 18.1 Å². The Morgan fingerprint density at radius 1 is 1.40 bits per heavy atom. The van der Waals surface area contributed by atoms with Crippen molar-refractivity contribution in [2.24, 2.45) is 5.10 Å². The van der Waals surface area contributed by atoms with E-state index in [-0.39, 0.29) is 11.7 Å². The zero-order valence-electron chi connectivity index (χ0n) is 10.1. The van der Waals surface area contributed by atoms with Crippen molar-refractivity contribution in [3.8, 4) is 0 Å². The van der Waals surface area contributed by atoms with Crippen molar-refractivity contribution < 1.29 is 9.90 Å². The fraction of sp³-hybridized carbons (Fsp3) is 0.167. The van der Waals surface area contributed by atoms with E-state index in [0.717, 1.165) is 5.56 Å². The molecule has 1 aromatic heterocycles. The van der Waals surface area contributed by atoms with Crippen molar-refractivity contribution in [1.82, 2.24) is 14.9 Å². The molecule has 0 spiro atoms. The molecule has 0 unspecified atom stereocenters. The maximum atomic E-state index is 11.0. The number of aliphatic carboxylic acids is 1. The Kier molecular flexibility index (Phi) is 3.45. The van der Waals surface area contributed by atoms with Crippen molar-refractivity contribution in [1.29, 1.82) is 0 Å². The third-order valence-corrected chi connectivity index (χ3v) is 4.17. The zero-order chi connectivity index (χ0) is 14.1. The van der Waals surface area contributed by atoms with Crippen LogP contribution in [-0.4, -0.2) is 36.9 Å². The number of rotatable bonds is 3. The number of aromatic nitrogens is 3. The largest absolute Gasteiger partial charge is 0.481 e. The van der Waals surface area contributed by atoms with E-state index < -0.39 is 5.97 Å². The monoisotopic (exact) mass is 308 g/mol. The molecule has 0 aliphatic carbocycles. The Labute approximate surface area is 123 Å². The molecule has 20 heavy (non-hydrogen) atoms. The summed E-state index contributed by atoms with van der Waals surface area (Å²) in [6.45, 7) is 0. The highest BCUT2D eigenvalue weighted by atomic mass is 35.5. The molecule has 0 bridgehead atoms. The molecule has 1 aliphatic rings. The van der Waals surface area contributed by atoms with Crippen LogP contribution in [0.3, 0.4) is 0 Å². The molecule has 2 heterocycles. The molecule has 1 aliphatic heterocycles. The minimum Gasteiger partial charge on any atom is -0.481 e. The molecule has 0 fully saturated rings. The van der Waals surface area contributed by atoms with E-state index in [2.05, 4.69) is 15.3 Å². The number of carboxylic acid groups (broad SMARTS) is 1. The number of carbonyl (C=O) groups is 1. The van der Waals surface area contributed by atoms with Gasteiger partial charge in [0.1, 0.15) is 6.33 Å². The molecule has 1 atom stereocenters. The van der Waals surface area contributed by atoms with E-state index in [4.69, 9.17) is 16.7 Å². The van der Waals surface area contributed by atoms with Crippen LogP contribution in [-0.2, 0) is 4.79 Å². The number of hydrogen-bond acceptors (Lipinski definition) is 5. The Morgan fingerprint density at radius 3 is 2.85 bits per heavy atom. The van der Waals surface area contributed by atoms with E-state index in [1.807, 2.05) is 12.1 Å². The smallest absolute Gasteiger partial charge is 0.304 e. The first-order valence-electron chi connectivity index (χ1n) is 5.77. The van der Waals surface area contributed by atoms with Crippen molar-refractivity contribution in [2.75, 3.05) is 0 Å². The summed E-state index contributed by atoms with van der Waals surface area (Å²) >= 11 is 7.21. The van der Waals surface area contributed by atoms with Gasteiger partial charge in [-0.1, -0.05) is 35.5 Å². The fourth-order valence-electron chi connectivity index (χ4n) is 1.89. The molecular weight excluding hydrogens is 300 g/mol. The van der Waals surface area contributed by atoms with Crippen molar-refractivity contribution in [3.63, 3.8) is 0 Å². The van der Waals surface area contributed by atoms with Gasteiger partial charge in [0.2, 0.25) is 5.16 Å². The van der Waals surface area contributed by atoms with Crippen LogP contribution in [0.5, 0.6) is 0 Å². The predicted octanol–water partition coefficient (Wildman–Crippen LogP) is 2.13. The normalized spacial score (nSPS) is 17.4. The topological polar surface area (TPSA) is 80.4 Å². The van der Waals surface area contributed by atoms with Gasteiger partial charge < -0.3 is 5.11 Å². The second-order valence-electron chi connectivity index (χ2n) is 4.15. The summed E-state index contributed by atoms with van der Waals surface area (Å²) in [6, 6.07) is 7.16. The summed E-state index contributed by atoms with van der Waals surface area (Å²) in [5.74, 6) is -0.878. The van der Waals surface area contributed by atoms with Gasteiger partial charge in [0.05, 0.1) is 17.4 Å². The lowest BCUT2D eigenvalue weighted by molar-refractivity contribution is -0.136. The van der Waals surface area contributed by atoms with Gasteiger partial charge in [-0.3, -0.25) is 4.79 Å². The quantitative estimate of drug-likeness (QED) is 0.939. The molecule has 0 saturated carbocycles. The molecule has 1 N–H and O–H groups in total. The van der Waals surface area contributed by atoms with Gasteiger partial charge in [-0.05, 0) is 17.7 Å². The number of halogens is 1. The van der Waals surface area contributed by atoms with E-state index in [1.54, 1.807) is 16.8 Å². The first kappa shape index (κ1) is 13.1. The van der Waals surface area contributed by atoms with Crippen molar-refractivity contribution in [2.45, 2.75) is 16.8 Å². The zero-order valence-corrected chi connectivity index (χ0v) is 11.7. The Hall–Kier alpha value is -1.86. The lowest BCUT2D eigenvalue weighted by atomic mass is 10.1. The molecule has 6 nitrogen and oxygen atoms in total. The van der Waals surface area contributed by atoms with Crippen molar-refractivity contribution in [3.05, 3.63) is 41.2 Å². The molecular formula is C12H9ClN4O2S. The van der Waals surface area contributed by atoms with Crippen LogP contribution < -0.4 is 0 Å². The number of nitrogens with zero attached hydrogens (tertiary/aromatic N) is 4. The minimum atomic E-state index is -0.878. The van der Waals surface area contributed by atoms with Gasteiger partial charge in [-0.15, -0.1) is 10.2 Å². The maximum Gasteiger partial charge on any atom is 0.304 e. The number of fused-ring (bicyclic) bond motifs is 1. The predicted molar refractivity (Wildman–Crippen MR) is 75.3 cm³/mol. The molecule has 0 saturated heterocycles. The summed E-state index contributed by atoms with van der Waals surface area (Å²) in [7, 11) is 0. The lowest BCUT2D eigenvalue weighted by Gasteiger charge is -2.21. The van der Waals surface area contributed by atoms with Gasteiger partial charge in [-0.25, -0.2) is 0 Å². The number of benzene rings is 1. The van der Waals surface area contributed by atoms with Crippen LogP contribution >= 0.6 is 23.4 Å². The number of hydrogen-bond donors (Lipinski definition) is 1. The second kappa shape index (κ2) is 5.26. The van der Waals surface area contributed by atoms with Crippen LogP contribution in [0, 0.1) is 0 Å². The number of thioether (sulfide) groups is 1. The molecule has 1 aromatic carbocycles. The highest BCUT2D eigenvalue weighted by molar-refractivity contribution is 8.00. The maximum absolute atomic E-state index is 11.0. The number of carboxylic acids is 1. The Bertz CT molecular complexity index is 683. The summed E-state index contributed by atoms with van der Waals surface area (Å²) in [6.07, 6.45) is 1.47. The third kappa shape index (κ3) is 2.54. The molecule has 3 rings (SSSR count). The molecule has 0 amide bonds. The Morgan fingerprint density at radius 2 is 2.15 bits per heavy atom. The van der Waals surface area contributed by atoms with Crippen molar-refractivity contribution >= 4 is 35.0 Å². The summed E-state index contributed by atoms with van der Waals surface area (Å²) < 4.78 is 1.55. The minimum absolute atomic E-state index is 0.0288. The van der Waals surface area contributed by atoms with E-state index in [0.29, 0.717) is 15.9 Å². The molecule has 2 aromatic rings. The van der Waals surface area contributed by atoms with E-state index in [9.17, 15) is 4.79 Å². The van der Waals surface area contributed by atoms with E-state index >= 15 is 0 Å². The summed E-state index contributed by atoms with van der Waals surface area (Å²) in [5.41, 5.74) is 1.52. The van der Waals surface area contributed by atoms with Gasteiger partial charge in [0.15, 0.2) is 0 Å². The van der Waals surface area contributed by atoms with Crippen LogP contribution in [0.15, 0.2) is 40.9 Å². The van der Waals surface area contributed by atoms with Crippen LogP contribution in [0.25, 0.3) is 0 Å². The molecule has 102 valence electrons. The van der Waals surface area contributed by atoms with Crippen LogP contribution in [0.4, 0.5) is 0 Å². The van der Waals surface area contributed by atoms with Gasteiger partial charge >= 0.3 is 5.97 Å². The first-order valence-corrected chi connectivity index (χ1v) is 7.02. The van der Waals surface area contributed by atoms with Gasteiger partial charge in [0, 0.05) is 5.02 Å². The molecule has 0 radical (unpaired) electrons. The summed E-state index contributed by atoms with van der Waals surface area (Å²) in [4.78, 5) is 11.0. The Balaban J connectivity index is 2.03. The SMILES string of the molecule is O=C(O)C[C@H]1Sc2nncn2N=C1c1ccc(Cl)cc1. The highest BCUT2D eigenvalue weighted by Gasteiger charge is 2.28. The fourth-order valence-corrected chi connectivity index (χ4v) is 3.08. The van der Waals surface area contributed by atoms with Crippen LogP contribution in [0.2, 0.25) is 5.02 Å². The summed E-state index contributed by atoms with van der Waals surface area (Å²) in [5, 5.41) is 22.1. The second-order valence-corrected chi connectivity index (χ2v) is 5.76. The lowest BCUT2D eigenvalue weighted by Crippen LogP contribution is -2.26. The first-order chi connectivity index (χ1) is 9.63. The van der Waals surface area contributed by atoms with Gasteiger partial charge in [0.25, 0.3) is 0 Å².